The molecule has 1 unspecified atom stereocenters. The van der Waals surface area contributed by atoms with Crippen molar-refractivity contribution in [3.8, 4) is 0 Å². The second kappa shape index (κ2) is 7.66. The van der Waals surface area contributed by atoms with Crippen molar-refractivity contribution in [1.29, 1.82) is 0 Å². The summed E-state index contributed by atoms with van der Waals surface area (Å²) in [5.74, 6) is 0.644. The van der Waals surface area contributed by atoms with Crippen LogP contribution in [0.15, 0.2) is 23.8 Å². The molecule has 0 bridgehead atoms. The zero-order chi connectivity index (χ0) is 10.9. The highest BCUT2D eigenvalue weighted by Crippen LogP contribution is 2.17. The molecular weight excluding hydrogens is 186 g/mol. The second-order valence-corrected chi connectivity index (χ2v) is 4.35. The molecule has 2 heteroatoms. The zero-order valence-corrected chi connectivity index (χ0v) is 9.71. The molecule has 86 valence electrons. The molecule has 0 radical (unpaired) electrons. The van der Waals surface area contributed by atoms with E-state index in [0.717, 1.165) is 13.0 Å². The van der Waals surface area contributed by atoms with E-state index in [1.54, 1.807) is 0 Å². The second-order valence-electron chi connectivity index (χ2n) is 4.35. The van der Waals surface area contributed by atoms with Gasteiger partial charge in [-0.15, -0.1) is 0 Å². The highest BCUT2D eigenvalue weighted by Gasteiger charge is 2.04. The molecule has 0 aromatic heterocycles. The molecule has 0 amide bonds. The van der Waals surface area contributed by atoms with E-state index < -0.39 is 0 Å². The first-order valence-corrected chi connectivity index (χ1v) is 6.00. The normalized spacial score (nSPS) is 18.4. The minimum atomic E-state index is 0.231. The monoisotopic (exact) mass is 209 g/mol. The lowest BCUT2D eigenvalue weighted by Crippen LogP contribution is -2.24. The van der Waals surface area contributed by atoms with Gasteiger partial charge in [0.2, 0.25) is 0 Å². The Labute approximate surface area is 93.1 Å². The molecule has 1 aliphatic rings. The van der Waals surface area contributed by atoms with Crippen LogP contribution in [0.1, 0.15) is 32.6 Å². The van der Waals surface area contributed by atoms with Crippen molar-refractivity contribution >= 4 is 0 Å². The van der Waals surface area contributed by atoms with Gasteiger partial charge in [0.25, 0.3) is 0 Å². The number of aliphatic hydroxyl groups excluding tert-OH is 1. The summed E-state index contributed by atoms with van der Waals surface area (Å²) in [7, 11) is 0. The van der Waals surface area contributed by atoms with Crippen LogP contribution in [0.25, 0.3) is 0 Å². The fraction of sp³-hybridized carbons (Fsp3) is 0.692. The van der Waals surface area contributed by atoms with Gasteiger partial charge in [-0.3, -0.25) is 0 Å². The summed E-state index contributed by atoms with van der Waals surface area (Å²) < 4.78 is 0. The Morgan fingerprint density at radius 2 is 2.33 bits per heavy atom. The van der Waals surface area contributed by atoms with Gasteiger partial charge < -0.3 is 10.4 Å². The van der Waals surface area contributed by atoms with E-state index >= 15 is 0 Å². The van der Waals surface area contributed by atoms with Crippen molar-refractivity contribution in [2.24, 2.45) is 5.92 Å². The van der Waals surface area contributed by atoms with Crippen LogP contribution in [0.3, 0.4) is 0 Å². The van der Waals surface area contributed by atoms with Gasteiger partial charge in [-0.25, -0.2) is 0 Å². The van der Waals surface area contributed by atoms with Crippen molar-refractivity contribution in [1.82, 2.24) is 5.32 Å². The summed E-state index contributed by atoms with van der Waals surface area (Å²) >= 11 is 0. The summed E-state index contributed by atoms with van der Waals surface area (Å²) in [6, 6.07) is 0. The van der Waals surface area contributed by atoms with Crippen LogP contribution >= 0.6 is 0 Å². The molecule has 0 saturated heterocycles. The van der Waals surface area contributed by atoms with Gasteiger partial charge in [-0.2, -0.15) is 0 Å². The van der Waals surface area contributed by atoms with Crippen LogP contribution in [0.5, 0.6) is 0 Å². The summed E-state index contributed by atoms with van der Waals surface area (Å²) in [6.07, 6.45) is 11.8. The first kappa shape index (κ1) is 12.5. The summed E-state index contributed by atoms with van der Waals surface area (Å²) in [6.45, 7) is 4.18. The quantitative estimate of drug-likeness (QED) is 0.658. The van der Waals surface area contributed by atoms with Crippen molar-refractivity contribution in [3.05, 3.63) is 23.8 Å². The van der Waals surface area contributed by atoms with Crippen LogP contribution in [0.4, 0.5) is 0 Å². The van der Waals surface area contributed by atoms with Gasteiger partial charge in [0.05, 0.1) is 6.61 Å². The zero-order valence-electron chi connectivity index (χ0n) is 9.71. The molecule has 1 aliphatic carbocycles. The number of hydrogen-bond donors (Lipinski definition) is 2. The van der Waals surface area contributed by atoms with Crippen LogP contribution in [0.2, 0.25) is 0 Å². The molecule has 0 spiro atoms. The van der Waals surface area contributed by atoms with Crippen LogP contribution in [-0.2, 0) is 0 Å². The molecule has 2 nitrogen and oxygen atoms in total. The summed E-state index contributed by atoms with van der Waals surface area (Å²) in [5, 5.41) is 11.9. The van der Waals surface area contributed by atoms with Gasteiger partial charge >= 0.3 is 0 Å². The molecule has 0 aliphatic heterocycles. The molecule has 0 saturated carbocycles. The Kier molecular flexibility index (Phi) is 6.37. The average Bonchev–Trinajstić information content (AvgIpc) is 2.47. The Bertz CT molecular complexity index is 221. The van der Waals surface area contributed by atoms with Crippen molar-refractivity contribution in [2.45, 2.75) is 32.6 Å². The van der Waals surface area contributed by atoms with Crippen LogP contribution in [-0.4, -0.2) is 24.8 Å². The van der Waals surface area contributed by atoms with Crippen molar-refractivity contribution in [2.75, 3.05) is 19.7 Å². The van der Waals surface area contributed by atoms with Gasteiger partial charge in [0, 0.05) is 6.54 Å². The Hall–Kier alpha value is -0.600. The lowest BCUT2D eigenvalue weighted by molar-refractivity contribution is 0.288. The van der Waals surface area contributed by atoms with E-state index in [1.165, 1.54) is 24.8 Å². The lowest BCUT2D eigenvalue weighted by atomic mass is 10.0. The van der Waals surface area contributed by atoms with E-state index in [-0.39, 0.29) is 6.61 Å². The maximum atomic E-state index is 8.65. The molecule has 0 heterocycles. The molecule has 1 rings (SSSR count). The average molecular weight is 209 g/mol. The molecule has 0 aromatic rings. The fourth-order valence-electron chi connectivity index (χ4n) is 1.88. The minimum Gasteiger partial charge on any atom is -0.395 e. The molecule has 2 N–H and O–H groups in total. The van der Waals surface area contributed by atoms with Gasteiger partial charge in [-0.1, -0.05) is 30.7 Å². The van der Waals surface area contributed by atoms with Gasteiger partial charge in [-0.05, 0) is 38.1 Å². The predicted octanol–water partition coefficient (Wildman–Crippen LogP) is 2.26. The molecule has 1 atom stereocenters. The Balaban J connectivity index is 2.23. The largest absolute Gasteiger partial charge is 0.395 e. The minimum absolute atomic E-state index is 0.231. The fourth-order valence-corrected chi connectivity index (χ4v) is 1.88. The smallest absolute Gasteiger partial charge is 0.0555 e. The highest BCUT2D eigenvalue weighted by atomic mass is 16.3. The van der Waals surface area contributed by atoms with Crippen LogP contribution in [0, 0.1) is 5.92 Å². The number of allylic oxidation sites excluding steroid dienone is 4. The third kappa shape index (κ3) is 5.75. The number of aliphatic hydroxyl groups is 1. The first-order valence-electron chi connectivity index (χ1n) is 6.00. The van der Waals surface area contributed by atoms with E-state index in [4.69, 9.17) is 5.11 Å². The third-order valence-electron chi connectivity index (χ3n) is 2.68. The standard InChI is InChI=1S/C13H23NO/c1-12(11-14-8-9-15)10-13-6-4-2-3-5-7-13/h4,6-7,12,14-15H,2-3,5,8-11H2,1H3. The molecular formula is C13H23NO. The predicted molar refractivity (Wildman–Crippen MR) is 64.8 cm³/mol. The highest BCUT2D eigenvalue weighted by molar-refractivity contribution is 5.20. The summed E-state index contributed by atoms with van der Waals surface area (Å²) in [5.41, 5.74) is 1.48. The topological polar surface area (TPSA) is 32.3 Å². The van der Waals surface area contributed by atoms with E-state index in [1.807, 2.05) is 0 Å². The number of hydrogen-bond acceptors (Lipinski definition) is 2. The summed E-state index contributed by atoms with van der Waals surface area (Å²) in [4.78, 5) is 0. The number of rotatable bonds is 6. The SMILES string of the molecule is CC(CNCCO)CC1=CCCCC=C1. The lowest BCUT2D eigenvalue weighted by Gasteiger charge is -2.12. The van der Waals surface area contributed by atoms with Crippen LogP contribution < -0.4 is 5.32 Å². The van der Waals surface area contributed by atoms with E-state index in [2.05, 4.69) is 30.5 Å². The van der Waals surface area contributed by atoms with Crippen molar-refractivity contribution < 1.29 is 5.11 Å². The molecule has 0 fully saturated rings. The molecule has 0 aromatic carbocycles. The first-order chi connectivity index (χ1) is 7.33. The third-order valence-corrected chi connectivity index (χ3v) is 2.68. The van der Waals surface area contributed by atoms with Gasteiger partial charge in [0.1, 0.15) is 0 Å². The van der Waals surface area contributed by atoms with E-state index in [0.29, 0.717) is 12.5 Å². The maximum Gasteiger partial charge on any atom is 0.0555 e. The Morgan fingerprint density at radius 3 is 3.13 bits per heavy atom. The van der Waals surface area contributed by atoms with E-state index in [9.17, 15) is 0 Å². The van der Waals surface area contributed by atoms with Crippen molar-refractivity contribution in [3.63, 3.8) is 0 Å². The number of nitrogens with one attached hydrogen (secondary N) is 1. The van der Waals surface area contributed by atoms with Gasteiger partial charge in [0.15, 0.2) is 0 Å². The maximum absolute atomic E-state index is 8.65. The Morgan fingerprint density at radius 1 is 1.47 bits per heavy atom. The molecule has 15 heavy (non-hydrogen) atoms.